The summed E-state index contributed by atoms with van der Waals surface area (Å²) in [6.45, 7) is 7.79. The molecule has 15 heavy (non-hydrogen) atoms. The van der Waals surface area contributed by atoms with Gasteiger partial charge in [0.15, 0.2) is 0 Å². The number of hydrogen-bond acceptors (Lipinski definition) is 2. The molecule has 1 aliphatic heterocycles. The number of rotatable bonds is 3. The molecule has 1 rings (SSSR count). The van der Waals surface area contributed by atoms with Crippen LogP contribution in [0.15, 0.2) is 29.4 Å². The van der Waals surface area contributed by atoms with Crippen LogP contribution in [0.5, 0.6) is 0 Å². The van der Waals surface area contributed by atoms with Crippen LogP contribution in [0.25, 0.3) is 0 Å². The molecule has 0 unspecified atom stereocenters. The van der Waals surface area contributed by atoms with Gasteiger partial charge in [0.05, 0.1) is 0 Å². The summed E-state index contributed by atoms with van der Waals surface area (Å²) in [7, 11) is 2.17. The zero-order valence-electron chi connectivity index (χ0n) is 10.3. The highest BCUT2D eigenvalue weighted by molar-refractivity contribution is 5.86. The maximum absolute atomic E-state index is 4.42. The van der Waals surface area contributed by atoms with Gasteiger partial charge in [-0.1, -0.05) is 12.2 Å². The summed E-state index contributed by atoms with van der Waals surface area (Å²) in [5.74, 6) is 0. The molecule has 0 fully saturated rings. The van der Waals surface area contributed by atoms with Crippen LogP contribution in [-0.2, 0) is 0 Å². The minimum absolute atomic E-state index is 0.247. The molecule has 0 spiro atoms. The van der Waals surface area contributed by atoms with E-state index < -0.39 is 0 Å². The van der Waals surface area contributed by atoms with E-state index in [4.69, 9.17) is 0 Å². The van der Waals surface area contributed by atoms with Gasteiger partial charge in [0.1, 0.15) is 0 Å². The minimum Gasteiger partial charge on any atom is -0.301 e. The Bertz CT molecular complexity index is 279. The molecule has 2 heteroatoms. The summed E-state index contributed by atoms with van der Waals surface area (Å²) in [6.07, 6.45) is 10.1. The standard InChI is InChI=1S/C13H22N2/c1-13(2,3)15(4)11-9-12-8-6-5-7-10-14-12/h5-7,10H,8-9,11H2,1-4H3. The van der Waals surface area contributed by atoms with Crippen LogP contribution in [0.2, 0.25) is 0 Å². The Morgan fingerprint density at radius 1 is 1.33 bits per heavy atom. The van der Waals surface area contributed by atoms with Crippen molar-refractivity contribution >= 4 is 5.71 Å². The lowest BCUT2D eigenvalue weighted by atomic mass is 10.1. The van der Waals surface area contributed by atoms with Gasteiger partial charge in [-0.05, 0) is 40.3 Å². The first-order valence-corrected chi connectivity index (χ1v) is 5.58. The van der Waals surface area contributed by atoms with Gasteiger partial charge in [-0.2, -0.15) is 0 Å². The molecular weight excluding hydrogens is 184 g/mol. The average Bonchev–Trinajstić information content (AvgIpc) is 2.40. The smallest absolute Gasteiger partial charge is 0.0267 e. The van der Waals surface area contributed by atoms with Gasteiger partial charge in [0.2, 0.25) is 0 Å². The third-order valence-electron chi connectivity index (χ3n) is 2.82. The Morgan fingerprint density at radius 3 is 2.73 bits per heavy atom. The molecular formula is C13H22N2. The van der Waals surface area contributed by atoms with Crippen molar-refractivity contribution in [3.63, 3.8) is 0 Å². The second-order valence-corrected chi connectivity index (χ2v) is 5.01. The summed E-state index contributed by atoms with van der Waals surface area (Å²) in [5, 5.41) is 0. The molecule has 0 saturated carbocycles. The Balaban J connectivity index is 2.40. The van der Waals surface area contributed by atoms with Crippen LogP contribution in [0, 0.1) is 0 Å². The van der Waals surface area contributed by atoms with Crippen molar-refractivity contribution < 1.29 is 0 Å². The number of allylic oxidation sites excluding steroid dienone is 3. The maximum atomic E-state index is 4.42. The molecule has 0 atom stereocenters. The fourth-order valence-corrected chi connectivity index (χ4v) is 1.33. The SMILES string of the molecule is CN(CCC1=NC=CC=CC1)C(C)(C)C. The van der Waals surface area contributed by atoms with Crippen LogP contribution < -0.4 is 0 Å². The molecule has 0 aliphatic carbocycles. The summed E-state index contributed by atoms with van der Waals surface area (Å²) >= 11 is 0. The number of nitrogens with zero attached hydrogens (tertiary/aromatic N) is 2. The predicted octanol–water partition coefficient (Wildman–Crippen LogP) is 3.02. The van der Waals surface area contributed by atoms with Gasteiger partial charge >= 0.3 is 0 Å². The maximum Gasteiger partial charge on any atom is 0.0267 e. The van der Waals surface area contributed by atoms with E-state index in [9.17, 15) is 0 Å². The number of aliphatic imine (C=N–C) groups is 1. The zero-order valence-corrected chi connectivity index (χ0v) is 10.3. The second-order valence-electron chi connectivity index (χ2n) is 5.01. The molecule has 0 radical (unpaired) electrons. The molecule has 0 saturated heterocycles. The lowest BCUT2D eigenvalue weighted by Crippen LogP contribution is -2.39. The summed E-state index contributed by atoms with van der Waals surface area (Å²) < 4.78 is 0. The molecule has 0 aromatic carbocycles. The van der Waals surface area contributed by atoms with Gasteiger partial charge in [-0.15, -0.1) is 0 Å². The van der Waals surface area contributed by atoms with Crippen LogP contribution >= 0.6 is 0 Å². The first-order chi connectivity index (χ1) is 7.00. The van der Waals surface area contributed by atoms with E-state index in [0.717, 1.165) is 19.4 Å². The summed E-state index contributed by atoms with van der Waals surface area (Å²) in [5.41, 5.74) is 1.52. The third-order valence-corrected chi connectivity index (χ3v) is 2.82. The molecule has 1 heterocycles. The monoisotopic (exact) mass is 206 g/mol. The normalized spacial score (nSPS) is 16.7. The van der Waals surface area contributed by atoms with E-state index in [1.165, 1.54) is 5.71 Å². The van der Waals surface area contributed by atoms with Gasteiger partial charge in [-0.25, -0.2) is 0 Å². The van der Waals surface area contributed by atoms with Crippen molar-refractivity contribution in [3.05, 3.63) is 24.4 Å². The second kappa shape index (κ2) is 5.26. The first kappa shape index (κ1) is 12.2. The van der Waals surface area contributed by atoms with E-state index in [1.54, 1.807) is 0 Å². The quantitative estimate of drug-likeness (QED) is 0.693. The van der Waals surface area contributed by atoms with E-state index in [0.29, 0.717) is 0 Å². The van der Waals surface area contributed by atoms with E-state index in [-0.39, 0.29) is 5.54 Å². The molecule has 0 aromatic rings. The molecule has 0 bridgehead atoms. The fraction of sp³-hybridized carbons (Fsp3) is 0.615. The Labute approximate surface area is 93.4 Å². The largest absolute Gasteiger partial charge is 0.301 e. The van der Waals surface area contributed by atoms with E-state index in [1.807, 2.05) is 12.3 Å². The minimum atomic E-state index is 0.247. The highest BCUT2D eigenvalue weighted by atomic mass is 15.1. The third kappa shape index (κ3) is 4.43. The molecule has 84 valence electrons. The van der Waals surface area contributed by atoms with E-state index in [2.05, 4.69) is 49.9 Å². The lowest BCUT2D eigenvalue weighted by Gasteiger charge is -2.31. The fourth-order valence-electron chi connectivity index (χ4n) is 1.33. The van der Waals surface area contributed by atoms with E-state index >= 15 is 0 Å². The van der Waals surface area contributed by atoms with Crippen molar-refractivity contribution in [2.24, 2.45) is 4.99 Å². The van der Waals surface area contributed by atoms with Gasteiger partial charge < -0.3 is 4.90 Å². The van der Waals surface area contributed by atoms with Crippen LogP contribution in [-0.4, -0.2) is 29.7 Å². The molecule has 1 aliphatic rings. The average molecular weight is 206 g/mol. The Kier molecular flexibility index (Phi) is 4.28. The lowest BCUT2D eigenvalue weighted by molar-refractivity contribution is 0.181. The molecule has 0 amide bonds. The van der Waals surface area contributed by atoms with Crippen molar-refractivity contribution in [3.8, 4) is 0 Å². The topological polar surface area (TPSA) is 15.6 Å². The van der Waals surface area contributed by atoms with Crippen LogP contribution in [0.3, 0.4) is 0 Å². The van der Waals surface area contributed by atoms with Crippen molar-refractivity contribution in [2.45, 2.75) is 39.2 Å². The molecule has 0 aromatic heterocycles. The highest BCUT2D eigenvalue weighted by Gasteiger charge is 2.16. The Morgan fingerprint density at radius 2 is 2.07 bits per heavy atom. The Hall–Kier alpha value is -0.890. The summed E-state index contributed by atoms with van der Waals surface area (Å²) in [6, 6.07) is 0. The summed E-state index contributed by atoms with van der Waals surface area (Å²) in [4.78, 5) is 6.79. The zero-order chi connectivity index (χ0) is 11.3. The van der Waals surface area contributed by atoms with Gasteiger partial charge in [0, 0.05) is 30.4 Å². The molecule has 0 N–H and O–H groups in total. The number of hydrogen-bond donors (Lipinski definition) is 0. The highest BCUT2D eigenvalue weighted by Crippen LogP contribution is 2.11. The predicted molar refractivity (Wildman–Crippen MR) is 67.3 cm³/mol. The van der Waals surface area contributed by atoms with Crippen molar-refractivity contribution in [2.75, 3.05) is 13.6 Å². The first-order valence-electron chi connectivity index (χ1n) is 5.58. The van der Waals surface area contributed by atoms with Gasteiger partial charge in [-0.3, -0.25) is 4.99 Å². The van der Waals surface area contributed by atoms with Crippen molar-refractivity contribution in [1.82, 2.24) is 4.90 Å². The van der Waals surface area contributed by atoms with Crippen molar-refractivity contribution in [1.29, 1.82) is 0 Å². The van der Waals surface area contributed by atoms with Crippen LogP contribution in [0.4, 0.5) is 0 Å². The molecule has 2 nitrogen and oxygen atoms in total. The van der Waals surface area contributed by atoms with Gasteiger partial charge in [0.25, 0.3) is 0 Å². The van der Waals surface area contributed by atoms with Crippen LogP contribution in [0.1, 0.15) is 33.6 Å².